The van der Waals surface area contributed by atoms with Gasteiger partial charge in [0.2, 0.25) is 5.88 Å². The number of fused-ring (bicyclic) bond motifs is 2. The van der Waals surface area contributed by atoms with E-state index in [1.165, 1.54) is 7.11 Å². The van der Waals surface area contributed by atoms with Gasteiger partial charge in [0, 0.05) is 35.8 Å². The van der Waals surface area contributed by atoms with Gasteiger partial charge in [-0.25, -0.2) is 15.0 Å². The maximum absolute atomic E-state index is 13.7. The third-order valence-electron chi connectivity index (χ3n) is 5.42. The number of carbonyl (C=O) groups excluding carboxylic acids is 1. The molecule has 9 nitrogen and oxygen atoms in total. The predicted octanol–water partition coefficient (Wildman–Crippen LogP) is 3.11. The fraction of sp³-hybridized carbons (Fsp3) is 0.182. The van der Waals surface area contributed by atoms with Crippen molar-refractivity contribution in [3.63, 3.8) is 0 Å². The van der Waals surface area contributed by atoms with Gasteiger partial charge in [-0.15, -0.1) is 5.10 Å². The Bertz CT molecular complexity index is 1320. The molecule has 1 aliphatic heterocycles. The van der Waals surface area contributed by atoms with E-state index in [9.17, 15) is 4.79 Å². The highest BCUT2D eigenvalue weighted by Crippen LogP contribution is 2.35. The number of pyridine rings is 1. The van der Waals surface area contributed by atoms with Crippen LogP contribution >= 0.6 is 15.9 Å². The first kappa shape index (κ1) is 20.3. The van der Waals surface area contributed by atoms with Crippen LogP contribution < -0.4 is 10.5 Å². The first-order valence-electron chi connectivity index (χ1n) is 9.86. The first-order chi connectivity index (χ1) is 15.5. The number of nitrogen functional groups attached to an aromatic ring is 1. The summed E-state index contributed by atoms with van der Waals surface area (Å²) >= 11 is 3.41. The Labute approximate surface area is 191 Å². The topological polar surface area (TPSA) is 120 Å². The van der Waals surface area contributed by atoms with E-state index in [0.717, 1.165) is 16.5 Å². The molecule has 0 saturated heterocycles. The monoisotopic (exact) mass is 491 g/mol. The Morgan fingerprint density at radius 2 is 2.00 bits per heavy atom. The Kier molecular flexibility index (Phi) is 5.14. The van der Waals surface area contributed by atoms with Crippen LogP contribution in [0.25, 0.3) is 10.9 Å². The molecule has 160 valence electrons. The highest BCUT2D eigenvalue weighted by molar-refractivity contribution is 9.10. The zero-order valence-corrected chi connectivity index (χ0v) is 18.7. The standard InChI is InChI=1S/C22H18BrN7O2/c1-32-19-4-3-14(28-29-19)11-30-18(21-25-5-2-6-26-21)10-12-9-17-13(7-15(12)22(30)31)8-16(23)20(24)27-17/h2-9,18H,10-11H2,1H3,(H2,24,27)/t18-/m1/s1. The molecule has 0 aliphatic carbocycles. The number of halogens is 1. The summed E-state index contributed by atoms with van der Waals surface area (Å²) < 4.78 is 5.77. The lowest BCUT2D eigenvalue weighted by Gasteiger charge is -2.35. The van der Waals surface area contributed by atoms with Crippen molar-refractivity contribution in [3.05, 3.63) is 75.9 Å². The average molecular weight is 492 g/mol. The number of hydrogen-bond donors (Lipinski definition) is 1. The Morgan fingerprint density at radius 3 is 2.72 bits per heavy atom. The van der Waals surface area contributed by atoms with Crippen molar-refractivity contribution in [1.29, 1.82) is 0 Å². The summed E-state index contributed by atoms with van der Waals surface area (Å²) in [4.78, 5) is 28.7. The van der Waals surface area contributed by atoms with Crippen LogP contribution in [0, 0.1) is 0 Å². The van der Waals surface area contributed by atoms with Gasteiger partial charge < -0.3 is 15.4 Å². The molecule has 0 spiro atoms. The van der Waals surface area contributed by atoms with Gasteiger partial charge >= 0.3 is 0 Å². The number of aromatic nitrogens is 5. The van der Waals surface area contributed by atoms with Crippen molar-refractivity contribution in [3.8, 4) is 5.88 Å². The van der Waals surface area contributed by atoms with E-state index in [0.29, 0.717) is 39.7 Å². The summed E-state index contributed by atoms with van der Waals surface area (Å²) in [7, 11) is 1.53. The maximum Gasteiger partial charge on any atom is 0.255 e. The number of nitrogens with two attached hydrogens (primary N) is 1. The number of nitrogens with zero attached hydrogens (tertiary/aromatic N) is 6. The summed E-state index contributed by atoms with van der Waals surface area (Å²) in [6.07, 6.45) is 3.89. The second-order valence-corrected chi connectivity index (χ2v) is 8.24. The maximum atomic E-state index is 13.7. The molecule has 4 aromatic rings. The van der Waals surface area contributed by atoms with Gasteiger partial charge in [-0.05, 0) is 51.8 Å². The van der Waals surface area contributed by atoms with Crippen molar-refractivity contribution < 1.29 is 9.53 Å². The largest absolute Gasteiger partial charge is 0.480 e. The van der Waals surface area contributed by atoms with Crippen LogP contribution in [0.3, 0.4) is 0 Å². The molecule has 0 unspecified atom stereocenters. The van der Waals surface area contributed by atoms with Crippen LogP contribution in [-0.4, -0.2) is 43.1 Å². The van der Waals surface area contributed by atoms with Crippen molar-refractivity contribution in [2.45, 2.75) is 19.0 Å². The van der Waals surface area contributed by atoms with E-state index < -0.39 is 0 Å². The third-order valence-corrected chi connectivity index (χ3v) is 6.06. The van der Waals surface area contributed by atoms with Crippen molar-refractivity contribution in [1.82, 2.24) is 30.0 Å². The molecule has 1 amide bonds. The lowest BCUT2D eigenvalue weighted by atomic mass is 9.91. The molecule has 10 heteroatoms. The number of hydrogen-bond acceptors (Lipinski definition) is 8. The lowest BCUT2D eigenvalue weighted by Crippen LogP contribution is -2.40. The van der Waals surface area contributed by atoms with Gasteiger partial charge in [-0.2, -0.15) is 5.10 Å². The molecule has 0 bridgehead atoms. The summed E-state index contributed by atoms with van der Waals surface area (Å²) in [5.74, 6) is 1.26. The third kappa shape index (κ3) is 3.62. The van der Waals surface area contributed by atoms with Gasteiger partial charge in [0.05, 0.1) is 35.4 Å². The molecule has 32 heavy (non-hydrogen) atoms. The van der Waals surface area contributed by atoms with Crippen molar-refractivity contribution >= 4 is 38.6 Å². The van der Waals surface area contributed by atoms with Gasteiger partial charge in [0.15, 0.2) is 5.82 Å². The minimum atomic E-state index is -0.356. The Hall–Kier alpha value is -3.66. The number of anilines is 1. The van der Waals surface area contributed by atoms with Crippen molar-refractivity contribution in [2.75, 3.05) is 12.8 Å². The summed E-state index contributed by atoms with van der Waals surface area (Å²) in [5, 5.41) is 9.05. The Morgan fingerprint density at radius 1 is 1.19 bits per heavy atom. The first-order valence-corrected chi connectivity index (χ1v) is 10.7. The highest BCUT2D eigenvalue weighted by atomic mass is 79.9. The number of benzene rings is 1. The second kappa shape index (κ2) is 8.12. The molecule has 1 aliphatic rings. The molecule has 0 saturated carbocycles. The summed E-state index contributed by atoms with van der Waals surface area (Å²) in [6, 6.07) is 10.6. The lowest BCUT2D eigenvalue weighted by molar-refractivity contribution is 0.0615. The van der Waals surface area contributed by atoms with Gasteiger partial charge in [0.1, 0.15) is 5.82 Å². The Balaban J connectivity index is 1.60. The normalized spacial score (nSPS) is 15.6. The number of amides is 1. The van der Waals surface area contributed by atoms with Crippen LogP contribution in [-0.2, 0) is 13.0 Å². The predicted molar refractivity (Wildman–Crippen MR) is 121 cm³/mol. The molecular formula is C22H18BrN7O2. The molecule has 4 heterocycles. The average Bonchev–Trinajstić information content (AvgIpc) is 2.82. The fourth-order valence-electron chi connectivity index (χ4n) is 3.85. The van der Waals surface area contributed by atoms with E-state index in [1.807, 2.05) is 18.2 Å². The highest BCUT2D eigenvalue weighted by Gasteiger charge is 2.35. The molecule has 0 radical (unpaired) electrons. The SMILES string of the molecule is COc1ccc(CN2C(=O)c3cc4cc(Br)c(N)nc4cc3C[C@@H]2c2ncccn2)nn1. The molecule has 1 aromatic carbocycles. The fourth-order valence-corrected chi connectivity index (χ4v) is 4.18. The van der Waals surface area contributed by atoms with E-state index in [-0.39, 0.29) is 18.5 Å². The second-order valence-electron chi connectivity index (χ2n) is 7.38. The molecule has 5 rings (SSSR count). The summed E-state index contributed by atoms with van der Waals surface area (Å²) in [6.45, 7) is 0.264. The zero-order chi connectivity index (χ0) is 22.2. The molecule has 1 atom stereocenters. The van der Waals surface area contributed by atoms with Crippen LogP contribution in [0.5, 0.6) is 5.88 Å². The van der Waals surface area contributed by atoms with Crippen molar-refractivity contribution in [2.24, 2.45) is 0 Å². The van der Waals surface area contributed by atoms with E-state index in [2.05, 4.69) is 41.1 Å². The molecule has 2 N–H and O–H groups in total. The number of ether oxygens (including phenoxy) is 1. The van der Waals surface area contributed by atoms with Crippen LogP contribution in [0.2, 0.25) is 0 Å². The molecule has 0 fully saturated rings. The van der Waals surface area contributed by atoms with E-state index in [1.54, 1.807) is 35.5 Å². The van der Waals surface area contributed by atoms with Crippen LogP contribution in [0.4, 0.5) is 5.82 Å². The number of rotatable bonds is 4. The quantitative estimate of drug-likeness (QED) is 0.462. The smallest absolute Gasteiger partial charge is 0.255 e. The number of methoxy groups -OCH3 is 1. The zero-order valence-electron chi connectivity index (χ0n) is 17.1. The van der Waals surface area contributed by atoms with Crippen LogP contribution in [0.15, 0.2) is 53.3 Å². The number of carbonyl (C=O) groups is 1. The minimum Gasteiger partial charge on any atom is -0.480 e. The van der Waals surface area contributed by atoms with E-state index in [4.69, 9.17) is 10.5 Å². The van der Waals surface area contributed by atoms with Gasteiger partial charge in [0.25, 0.3) is 5.91 Å². The van der Waals surface area contributed by atoms with E-state index >= 15 is 0 Å². The molecular weight excluding hydrogens is 474 g/mol. The minimum absolute atomic E-state index is 0.129. The van der Waals surface area contributed by atoms with Gasteiger partial charge in [-0.1, -0.05) is 0 Å². The van der Waals surface area contributed by atoms with Gasteiger partial charge in [-0.3, -0.25) is 4.79 Å². The summed E-state index contributed by atoms with van der Waals surface area (Å²) in [5.41, 5.74) is 8.83. The van der Waals surface area contributed by atoms with Crippen LogP contribution in [0.1, 0.15) is 33.5 Å². The molecule has 3 aromatic heterocycles.